The molecule has 0 bridgehead atoms. The quantitative estimate of drug-likeness (QED) is 0.642. The molecule has 5 nitrogen and oxygen atoms in total. The number of carbonyl (C=O) groups excluding carboxylic acids is 2. The monoisotopic (exact) mass is 201 g/mol. The molecule has 1 atom stereocenters. The van der Waals surface area contributed by atoms with E-state index in [2.05, 4.69) is 10.1 Å². The highest BCUT2D eigenvalue weighted by Gasteiger charge is 2.19. The molecule has 1 unspecified atom stereocenters. The first-order chi connectivity index (χ1) is 6.72. The van der Waals surface area contributed by atoms with Crippen LogP contribution in [0.4, 0.5) is 0 Å². The highest BCUT2D eigenvalue weighted by Crippen LogP contribution is 2.14. The summed E-state index contributed by atoms with van der Waals surface area (Å²) in [5, 5.41) is 2.47. The van der Waals surface area contributed by atoms with Gasteiger partial charge < -0.3 is 14.8 Å². The van der Waals surface area contributed by atoms with Gasteiger partial charge in [0.1, 0.15) is 6.54 Å². The Hall–Kier alpha value is -1.10. The fraction of sp³-hybridized carbons (Fsp3) is 0.778. The Balaban J connectivity index is 2.12. The van der Waals surface area contributed by atoms with Crippen molar-refractivity contribution < 1.29 is 19.1 Å². The third kappa shape index (κ3) is 3.74. The maximum absolute atomic E-state index is 11.2. The number of esters is 1. The minimum Gasteiger partial charge on any atom is -0.468 e. The zero-order valence-corrected chi connectivity index (χ0v) is 8.25. The van der Waals surface area contributed by atoms with Crippen molar-refractivity contribution in [2.75, 3.05) is 20.3 Å². The van der Waals surface area contributed by atoms with Gasteiger partial charge in [-0.25, -0.2) is 0 Å². The fourth-order valence-corrected chi connectivity index (χ4v) is 1.33. The Morgan fingerprint density at radius 3 is 2.93 bits per heavy atom. The summed E-state index contributed by atoms with van der Waals surface area (Å²) in [6, 6.07) is 0. The van der Waals surface area contributed by atoms with Gasteiger partial charge in [0.05, 0.1) is 19.6 Å². The Morgan fingerprint density at radius 1 is 1.57 bits per heavy atom. The van der Waals surface area contributed by atoms with Crippen LogP contribution < -0.4 is 5.32 Å². The summed E-state index contributed by atoms with van der Waals surface area (Å²) in [5.74, 6) is -0.604. The van der Waals surface area contributed by atoms with Crippen molar-refractivity contribution in [1.29, 1.82) is 0 Å². The summed E-state index contributed by atoms with van der Waals surface area (Å²) in [5.41, 5.74) is 0. The van der Waals surface area contributed by atoms with Crippen LogP contribution in [0.1, 0.15) is 19.3 Å². The molecule has 0 aromatic heterocycles. The smallest absolute Gasteiger partial charge is 0.325 e. The lowest BCUT2D eigenvalue weighted by molar-refractivity contribution is -0.141. The summed E-state index contributed by atoms with van der Waals surface area (Å²) in [7, 11) is 1.29. The van der Waals surface area contributed by atoms with Gasteiger partial charge in [0.2, 0.25) is 5.91 Å². The van der Waals surface area contributed by atoms with E-state index in [1.807, 2.05) is 0 Å². The van der Waals surface area contributed by atoms with E-state index in [4.69, 9.17) is 4.74 Å². The van der Waals surface area contributed by atoms with Gasteiger partial charge in [-0.1, -0.05) is 0 Å². The molecule has 1 fully saturated rings. The molecule has 1 amide bonds. The van der Waals surface area contributed by atoms with Crippen LogP contribution in [0, 0.1) is 0 Å². The predicted octanol–water partition coefficient (Wildman–Crippen LogP) is -0.155. The molecule has 1 rings (SSSR count). The lowest BCUT2D eigenvalue weighted by Crippen LogP contribution is -2.32. The van der Waals surface area contributed by atoms with Gasteiger partial charge in [0.15, 0.2) is 0 Å². The molecule has 0 spiro atoms. The highest BCUT2D eigenvalue weighted by atomic mass is 16.5. The standard InChI is InChI=1S/C9H15NO4/c1-13-9(12)6-10-8(11)5-7-3-2-4-14-7/h7H,2-6H2,1H3,(H,10,11). The number of rotatable bonds is 4. The third-order valence-corrected chi connectivity index (χ3v) is 2.09. The molecule has 0 aromatic carbocycles. The molecule has 1 saturated heterocycles. The number of amides is 1. The van der Waals surface area contributed by atoms with Crippen molar-refractivity contribution in [3.05, 3.63) is 0 Å². The van der Waals surface area contributed by atoms with Crippen molar-refractivity contribution in [3.8, 4) is 0 Å². The molecule has 14 heavy (non-hydrogen) atoms. The fourth-order valence-electron chi connectivity index (χ4n) is 1.33. The van der Waals surface area contributed by atoms with E-state index in [0.29, 0.717) is 6.42 Å². The van der Waals surface area contributed by atoms with E-state index < -0.39 is 5.97 Å². The first kappa shape index (κ1) is 11.0. The number of ether oxygens (including phenoxy) is 2. The van der Waals surface area contributed by atoms with Crippen LogP contribution in [0.3, 0.4) is 0 Å². The Bertz CT molecular complexity index is 211. The van der Waals surface area contributed by atoms with E-state index in [1.165, 1.54) is 7.11 Å². The summed E-state index contributed by atoms with van der Waals surface area (Å²) in [6.07, 6.45) is 2.28. The van der Waals surface area contributed by atoms with Crippen molar-refractivity contribution in [3.63, 3.8) is 0 Å². The number of hydrogen-bond acceptors (Lipinski definition) is 4. The SMILES string of the molecule is COC(=O)CNC(=O)CC1CCCO1. The van der Waals surface area contributed by atoms with Crippen LogP contribution in [0.25, 0.3) is 0 Å². The molecule has 0 radical (unpaired) electrons. The number of hydrogen-bond donors (Lipinski definition) is 1. The van der Waals surface area contributed by atoms with Gasteiger partial charge in [-0.15, -0.1) is 0 Å². The maximum atomic E-state index is 11.2. The van der Waals surface area contributed by atoms with Gasteiger partial charge in [-0.05, 0) is 12.8 Å². The molecule has 0 aromatic rings. The van der Waals surface area contributed by atoms with E-state index in [9.17, 15) is 9.59 Å². The number of carbonyl (C=O) groups is 2. The van der Waals surface area contributed by atoms with Crippen molar-refractivity contribution >= 4 is 11.9 Å². The summed E-state index contributed by atoms with van der Waals surface area (Å²) in [6.45, 7) is 0.664. The molecular formula is C9H15NO4. The normalized spacial score (nSPS) is 20.5. The number of nitrogens with one attached hydrogen (secondary N) is 1. The van der Waals surface area contributed by atoms with E-state index >= 15 is 0 Å². The molecule has 0 aliphatic carbocycles. The van der Waals surface area contributed by atoms with Crippen LogP contribution in [0.5, 0.6) is 0 Å². The Labute approximate surface area is 82.8 Å². The lowest BCUT2D eigenvalue weighted by atomic mass is 10.2. The molecule has 80 valence electrons. The van der Waals surface area contributed by atoms with Crippen molar-refractivity contribution in [2.24, 2.45) is 0 Å². The van der Waals surface area contributed by atoms with Crippen molar-refractivity contribution in [1.82, 2.24) is 5.32 Å². The highest BCUT2D eigenvalue weighted by molar-refractivity contribution is 5.82. The van der Waals surface area contributed by atoms with E-state index in [0.717, 1.165) is 19.4 Å². The van der Waals surface area contributed by atoms with Crippen LogP contribution in [-0.4, -0.2) is 38.2 Å². The average molecular weight is 201 g/mol. The molecule has 1 heterocycles. The van der Waals surface area contributed by atoms with Crippen LogP contribution in [0.15, 0.2) is 0 Å². The van der Waals surface area contributed by atoms with E-state index in [1.54, 1.807) is 0 Å². The molecule has 0 saturated carbocycles. The Kier molecular flexibility index (Phi) is 4.39. The van der Waals surface area contributed by atoms with Gasteiger partial charge in [0, 0.05) is 6.61 Å². The second kappa shape index (κ2) is 5.59. The lowest BCUT2D eigenvalue weighted by Gasteiger charge is -2.08. The third-order valence-electron chi connectivity index (χ3n) is 2.09. The maximum Gasteiger partial charge on any atom is 0.325 e. The second-order valence-corrected chi connectivity index (χ2v) is 3.19. The van der Waals surface area contributed by atoms with Crippen LogP contribution in [0.2, 0.25) is 0 Å². The van der Waals surface area contributed by atoms with Gasteiger partial charge in [-0.2, -0.15) is 0 Å². The molecule has 1 N–H and O–H groups in total. The largest absolute Gasteiger partial charge is 0.468 e. The Morgan fingerprint density at radius 2 is 2.36 bits per heavy atom. The minimum absolute atomic E-state index is 0.0210. The summed E-state index contributed by atoms with van der Waals surface area (Å²) in [4.78, 5) is 21.9. The van der Waals surface area contributed by atoms with Crippen LogP contribution >= 0.6 is 0 Å². The van der Waals surface area contributed by atoms with Crippen LogP contribution in [-0.2, 0) is 19.1 Å². The van der Waals surface area contributed by atoms with E-state index in [-0.39, 0.29) is 18.6 Å². The molecule has 1 aliphatic rings. The second-order valence-electron chi connectivity index (χ2n) is 3.19. The summed E-state index contributed by atoms with van der Waals surface area (Å²) < 4.78 is 9.67. The zero-order chi connectivity index (χ0) is 10.4. The molecule has 5 heteroatoms. The predicted molar refractivity (Wildman–Crippen MR) is 48.6 cm³/mol. The van der Waals surface area contributed by atoms with Gasteiger partial charge >= 0.3 is 5.97 Å². The first-order valence-electron chi connectivity index (χ1n) is 4.67. The topological polar surface area (TPSA) is 64.6 Å². The van der Waals surface area contributed by atoms with Gasteiger partial charge in [0.25, 0.3) is 0 Å². The minimum atomic E-state index is -0.439. The summed E-state index contributed by atoms with van der Waals surface area (Å²) >= 11 is 0. The first-order valence-corrected chi connectivity index (χ1v) is 4.67. The average Bonchev–Trinajstić information content (AvgIpc) is 2.66. The number of methoxy groups -OCH3 is 1. The van der Waals surface area contributed by atoms with Crippen molar-refractivity contribution in [2.45, 2.75) is 25.4 Å². The zero-order valence-electron chi connectivity index (χ0n) is 8.25. The van der Waals surface area contributed by atoms with Gasteiger partial charge in [-0.3, -0.25) is 9.59 Å². The molecule has 1 aliphatic heterocycles. The molecular weight excluding hydrogens is 186 g/mol.